The van der Waals surface area contributed by atoms with E-state index in [1.54, 1.807) is 0 Å². The number of carbonyl (C=O) groups excluding carboxylic acids is 2. The molecule has 0 radical (unpaired) electrons. The van der Waals surface area contributed by atoms with E-state index in [1.165, 1.54) is 46.8 Å². The molecule has 1 saturated heterocycles. The molecule has 1 aliphatic heterocycles. The number of nitrogens with one attached hydrogen (secondary N) is 2. The molecule has 2 N–H and O–H groups in total. The third-order valence-electron chi connectivity index (χ3n) is 4.47. The van der Waals surface area contributed by atoms with Crippen molar-refractivity contribution in [1.29, 1.82) is 0 Å². The van der Waals surface area contributed by atoms with Gasteiger partial charge in [-0.15, -0.1) is 0 Å². The van der Waals surface area contributed by atoms with Crippen LogP contribution in [0.25, 0.3) is 0 Å². The molecule has 9 heteroatoms. The van der Waals surface area contributed by atoms with Crippen LogP contribution in [0, 0.1) is 5.82 Å². The normalized spacial score (nSPS) is 15.0. The number of benzene rings is 2. The monoisotopic (exact) mass is 405 g/mol. The van der Waals surface area contributed by atoms with Crippen molar-refractivity contribution in [1.82, 2.24) is 15.2 Å². The van der Waals surface area contributed by atoms with E-state index in [2.05, 4.69) is 10.9 Å². The molecule has 0 spiro atoms. The van der Waals surface area contributed by atoms with Crippen LogP contribution in [0.3, 0.4) is 0 Å². The van der Waals surface area contributed by atoms with Gasteiger partial charge in [0.1, 0.15) is 5.82 Å². The van der Waals surface area contributed by atoms with Crippen molar-refractivity contribution in [2.45, 2.75) is 24.2 Å². The summed E-state index contributed by atoms with van der Waals surface area (Å²) in [5, 5.41) is 0. The van der Waals surface area contributed by atoms with Crippen LogP contribution >= 0.6 is 0 Å². The van der Waals surface area contributed by atoms with Crippen LogP contribution in [-0.4, -0.2) is 37.6 Å². The molecule has 0 bridgehead atoms. The Morgan fingerprint density at radius 3 is 2.00 bits per heavy atom. The van der Waals surface area contributed by atoms with E-state index in [0.29, 0.717) is 13.1 Å². The summed E-state index contributed by atoms with van der Waals surface area (Å²) in [5.74, 6) is -2.38. The molecule has 0 saturated carbocycles. The number of hydrazine groups is 1. The van der Waals surface area contributed by atoms with Gasteiger partial charge in [0.05, 0.1) is 16.0 Å². The molecule has 3 rings (SSSR count). The molecule has 0 aliphatic carbocycles. The predicted molar refractivity (Wildman–Crippen MR) is 100 cm³/mol. The van der Waals surface area contributed by atoms with Crippen molar-refractivity contribution in [3.05, 3.63) is 65.5 Å². The van der Waals surface area contributed by atoms with Crippen molar-refractivity contribution < 1.29 is 22.4 Å². The van der Waals surface area contributed by atoms with Crippen LogP contribution < -0.4 is 10.9 Å². The highest BCUT2D eigenvalue weighted by atomic mass is 32.2. The average Bonchev–Trinajstić information content (AvgIpc) is 2.72. The molecular weight excluding hydrogens is 385 g/mol. The van der Waals surface area contributed by atoms with Crippen LogP contribution in [0.5, 0.6) is 0 Å². The van der Waals surface area contributed by atoms with Crippen molar-refractivity contribution in [2.75, 3.05) is 13.1 Å². The summed E-state index contributed by atoms with van der Waals surface area (Å²) >= 11 is 0. The second kappa shape index (κ2) is 8.49. The molecule has 1 fully saturated rings. The fourth-order valence-corrected chi connectivity index (χ4v) is 4.72. The molecule has 7 nitrogen and oxygen atoms in total. The first-order valence-electron chi connectivity index (χ1n) is 8.85. The highest BCUT2D eigenvalue weighted by molar-refractivity contribution is 7.89. The van der Waals surface area contributed by atoms with Gasteiger partial charge in [0.15, 0.2) is 0 Å². The number of piperidine rings is 1. The summed E-state index contributed by atoms with van der Waals surface area (Å²) in [6.07, 6.45) is 2.51. The lowest BCUT2D eigenvalue weighted by Crippen LogP contribution is -2.43. The molecule has 1 heterocycles. The Labute approximate surface area is 162 Å². The number of halogens is 1. The van der Waals surface area contributed by atoms with Crippen LogP contribution in [0.4, 0.5) is 4.39 Å². The Morgan fingerprint density at radius 1 is 0.821 bits per heavy atom. The summed E-state index contributed by atoms with van der Waals surface area (Å²) in [5.41, 5.74) is 3.93. The number of nitrogens with zero attached hydrogens (tertiary/aromatic N) is 1. The minimum absolute atomic E-state index is 0.0955. The van der Waals surface area contributed by atoms with Crippen molar-refractivity contribution >= 4 is 21.8 Å². The van der Waals surface area contributed by atoms with Gasteiger partial charge in [-0.2, -0.15) is 4.31 Å². The van der Waals surface area contributed by atoms with Gasteiger partial charge < -0.3 is 0 Å². The number of carbonyl (C=O) groups is 2. The van der Waals surface area contributed by atoms with E-state index in [9.17, 15) is 22.4 Å². The fourth-order valence-electron chi connectivity index (χ4n) is 3.02. The summed E-state index contributed by atoms with van der Waals surface area (Å²) < 4.78 is 40.9. The van der Waals surface area contributed by atoms with Crippen LogP contribution in [0.2, 0.25) is 0 Å². The molecule has 0 atom stereocenters. The lowest BCUT2D eigenvalue weighted by Gasteiger charge is -2.26. The van der Waals surface area contributed by atoms with Gasteiger partial charge in [-0.05, 0) is 37.1 Å². The Balaban J connectivity index is 1.78. The molecule has 148 valence electrons. The highest BCUT2D eigenvalue weighted by Crippen LogP contribution is 2.23. The van der Waals surface area contributed by atoms with Gasteiger partial charge in [0.2, 0.25) is 10.0 Å². The third-order valence-corrected chi connectivity index (χ3v) is 6.43. The van der Waals surface area contributed by atoms with E-state index in [1.807, 2.05) is 0 Å². The first-order valence-corrected chi connectivity index (χ1v) is 10.3. The maximum Gasteiger partial charge on any atom is 0.272 e. The number of sulfonamides is 1. The van der Waals surface area contributed by atoms with Crippen molar-refractivity contribution in [3.8, 4) is 0 Å². The van der Waals surface area contributed by atoms with Gasteiger partial charge in [0, 0.05) is 13.1 Å². The minimum Gasteiger partial charge on any atom is -0.267 e. The zero-order valence-corrected chi connectivity index (χ0v) is 15.8. The Kier molecular flexibility index (Phi) is 6.05. The van der Waals surface area contributed by atoms with Crippen LogP contribution in [0.1, 0.15) is 40.0 Å². The number of hydrogen-bond donors (Lipinski definition) is 2. The number of hydrogen-bond acceptors (Lipinski definition) is 4. The largest absolute Gasteiger partial charge is 0.272 e. The molecule has 0 unspecified atom stereocenters. The minimum atomic E-state index is -3.84. The Bertz CT molecular complexity index is 988. The smallest absolute Gasteiger partial charge is 0.267 e. The van der Waals surface area contributed by atoms with Gasteiger partial charge in [-0.3, -0.25) is 20.4 Å². The van der Waals surface area contributed by atoms with E-state index < -0.39 is 27.7 Å². The van der Waals surface area contributed by atoms with E-state index in [4.69, 9.17) is 0 Å². The topological polar surface area (TPSA) is 95.6 Å². The van der Waals surface area contributed by atoms with Gasteiger partial charge in [-0.1, -0.05) is 30.7 Å². The van der Waals surface area contributed by atoms with Gasteiger partial charge in [-0.25, -0.2) is 12.8 Å². The second-order valence-electron chi connectivity index (χ2n) is 6.35. The molecule has 2 amide bonds. The number of rotatable bonds is 4. The zero-order chi connectivity index (χ0) is 20.1. The standard InChI is InChI=1S/C19H20FN3O4S/c20-16-10-4-2-8-14(16)18(24)21-22-19(25)15-9-3-5-11-17(15)28(26,27)23-12-6-1-7-13-23/h2-5,8-11H,1,6-7,12-13H2,(H,21,24)(H,22,25). The first kappa shape index (κ1) is 20.0. The van der Waals surface area contributed by atoms with Crippen LogP contribution in [-0.2, 0) is 10.0 Å². The molecule has 28 heavy (non-hydrogen) atoms. The summed E-state index contributed by atoms with van der Waals surface area (Å²) in [7, 11) is -3.84. The Morgan fingerprint density at radius 2 is 1.36 bits per heavy atom. The summed E-state index contributed by atoms with van der Waals surface area (Å²) in [6, 6.07) is 11.1. The van der Waals surface area contributed by atoms with Gasteiger partial charge in [0.25, 0.3) is 11.8 Å². The molecular formula is C19H20FN3O4S. The lowest BCUT2D eigenvalue weighted by atomic mass is 10.2. The van der Waals surface area contributed by atoms with E-state index in [-0.39, 0.29) is 16.0 Å². The molecule has 2 aromatic rings. The lowest BCUT2D eigenvalue weighted by molar-refractivity contribution is 0.0842. The second-order valence-corrected chi connectivity index (χ2v) is 8.26. The van der Waals surface area contributed by atoms with E-state index in [0.717, 1.165) is 25.3 Å². The molecule has 1 aliphatic rings. The van der Waals surface area contributed by atoms with E-state index >= 15 is 0 Å². The predicted octanol–water partition coefficient (Wildman–Crippen LogP) is 2.08. The summed E-state index contributed by atoms with van der Waals surface area (Å²) in [4.78, 5) is 24.4. The maximum atomic E-state index is 13.7. The highest BCUT2D eigenvalue weighted by Gasteiger charge is 2.29. The SMILES string of the molecule is O=C(NNC(=O)c1ccccc1S(=O)(=O)N1CCCCC1)c1ccccc1F. The van der Waals surface area contributed by atoms with Crippen LogP contribution in [0.15, 0.2) is 53.4 Å². The zero-order valence-electron chi connectivity index (χ0n) is 15.0. The quantitative estimate of drug-likeness (QED) is 0.762. The summed E-state index contributed by atoms with van der Waals surface area (Å²) in [6.45, 7) is 0.810. The van der Waals surface area contributed by atoms with Crippen molar-refractivity contribution in [2.24, 2.45) is 0 Å². The first-order chi connectivity index (χ1) is 13.4. The fraction of sp³-hybridized carbons (Fsp3) is 0.263. The van der Waals surface area contributed by atoms with Gasteiger partial charge >= 0.3 is 0 Å². The average molecular weight is 405 g/mol. The Hall–Kier alpha value is -2.78. The third kappa shape index (κ3) is 4.20. The maximum absolute atomic E-state index is 13.7. The molecule has 0 aromatic heterocycles. The molecule has 2 aromatic carbocycles. The van der Waals surface area contributed by atoms with Crippen molar-refractivity contribution in [3.63, 3.8) is 0 Å². The number of amides is 2.